The second-order valence-corrected chi connectivity index (χ2v) is 5.96. The summed E-state index contributed by atoms with van der Waals surface area (Å²) in [6, 6.07) is 5.59. The molecule has 1 saturated heterocycles. The molecule has 0 spiro atoms. The molecule has 8 nitrogen and oxygen atoms in total. The number of benzene rings is 1. The SMILES string of the molecule is COc1ccc(CN2C(=O)NC(CCC(=O)NC(C)CO)C2=O)cc1. The zero-order chi connectivity index (χ0) is 18.4. The van der Waals surface area contributed by atoms with Crippen LogP contribution >= 0.6 is 0 Å². The van der Waals surface area contributed by atoms with E-state index in [1.54, 1.807) is 38.3 Å². The maximum Gasteiger partial charge on any atom is 0.325 e. The van der Waals surface area contributed by atoms with Gasteiger partial charge in [0, 0.05) is 12.5 Å². The van der Waals surface area contributed by atoms with Crippen LogP contribution in [0.4, 0.5) is 4.79 Å². The van der Waals surface area contributed by atoms with Gasteiger partial charge in [0.05, 0.1) is 20.3 Å². The molecule has 0 aliphatic carbocycles. The predicted octanol–water partition coefficient (Wildman–Crippen LogP) is 0.393. The van der Waals surface area contributed by atoms with Crippen LogP contribution in [0.2, 0.25) is 0 Å². The quantitative estimate of drug-likeness (QED) is 0.589. The summed E-state index contributed by atoms with van der Waals surface area (Å²) in [5.41, 5.74) is 0.805. The monoisotopic (exact) mass is 349 g/mol. The molecule has 1 aliphatic rings. The van der Waals surface area contributed by atoms with Gasteiger partial charge < -0.3 is 20.5 Å². The molecule has 1 fully saturated rings. The van der Waals surface area contributed by atoms with Gasteiger partial charge in [-0.25, -0.2) is 4.79 Å². The molecule has 3 N–H and O–H groups in total. The Morgan fingerprint density at radius 3 is 2.64 bits per heavy atom. The maximum absolute atomic E-state index is 12.4. The number of ether oxygens (including phenoxy) is 1. The highest BCUT2D eigenvalue weighted by Crippen LogP contribution is 2.17. The third-order valence-corrected chi connectivity index (χ3v) is 3.95. The van der Waals surface area contributed by atoms with E-state index in [2.05, 4.69) is 10.6 Å². The first-order chi connectivity index (χ1) is 11.9. The first kappa shape index (κ1) is 18.7. The Balaban J connectivity index is 1.89. The molecule has 136 valence electrons. The molecule has 1 heterocycles. The van der Waals surface area contributed by atoms with Crippen molar-refractivity contribution in [1.29, 1.82) is 0 Å². The summed E-state index contributed by atoms with van der Waals surface area (Å²) in [5, 5.41) is 14.1. The van der Waals surface area contributed by atoms with Crippen molar-refractivity contribution >= 4 is 17.8 Å². The molecule has 1 aliphatic heterocycles. The van der Waals surface area contributed by atoms with Gasteiger partial charge in [-0.05, 0) is 31.0 Å². The minimum Gasteiger partial charge on any atom is -0.497 e. The molecule has 1 aromatic carbocycles. The summed E-state index contributed by atoms with van der Waals surface area (Å²) in [6.45, 7) is 1.69. The zero-order valence-corrected chi connectivity index (χ0v) is 14.3. The van der Waals surface area contributed by atoms with Crippen LogP contribution in [0.5, 0.6) is 5.75 Å². The second kappa shape index (κ2) is 8.48. The second-order valence-electron chi connectivity index (χ2n) is 5.96. The molecule has 1 aromatic rings. The van der Waals surface area contributed by atoms with Gasteiger partial charge in [-0.2, -0.15) is 0 Å². The number of nitrogens with zero attached hydrogens (tertiary/aromatic N) is 1. The van der Waals surface area contributed by atoms with Crippen molar-refractivity contribution < 1.29 is 24.2 Å². The van der Waals surface area contributed by atoms with Crippen molar-refractivity contribution in [2.75, 3.05) is 13.7 Å². The van der Waals surface area contributed by atoms with E-state index in [9.17, 15) is 14.4 Å². The standard InChI is InChI=1S/C17H23N3O5/c1-11(10-21)18-15(22)8-7-14-16(23)20(17(24)19-14)9-12-3-5-13(25-2)6-4-12/h3-6,11,14,21H,7-10H2,1-2H3,(H,18,22)(H,19,24). The smallest absolute Gasteiger partial charge is 0.325 e. The molecular weight excluding hydrogens is 326 g/mol. The van der Waals surface area contributed by atoms with E-state index in [4.69, 9.17) is 9.84 Å². The Morgan fingerprint density at radius 2 is 2.04 bits per heavy atom. The van der Waals surface area contributed by atoms with Crippen molar-refractivity contribution in [2.24, 2.45) is 0 Å². The highest BCUT2D eigenvalue weighted by Gasteiger charge is 2.37. The van der Waals surface area contributed by atoms with Crippen LogP contribution in [-0.4, -0.2) is 53.7 Å². The van der Waals surface area contributed by atoms with Crippen LogP contribution in [0.3, 0.4) is 0 Å². The van der Waals surface area contributed by atoms with Gasteiger partial charge in [-0.3, -0.25) is 14.5 Å². The third kappa shape index (κ3) is 4.93. The van der Waals surface area contributed by atoms with Gasteiger partial charge >= 0.3 is 6.03 Å². The first-order valence-electron chi connectivity index (χ1n) is 8.09. The van der Waals surface area contributed by atoms with Gasteiger partial charge in [-0.1, -0.05) is 12.1 Å². The lowest BCUT2D eigenvalue weighted by molar-refractivity contribution is -0.128. The number of hydrogen-bond donors (Lipinski definition) is 3. The number of rotatable bonds is 8. The molecular formula is C17H23N3O5. The summed E-state index contributed by atoms with van der Waals surface area (Å²) in [4.78, 5) is 37.3. The minimum atomic E-state index is -0.707. The Kier molecular flexibility index (Phi) is 6.35. The fraction of sp³-hybridized carbons (Fsp3) is 0.471. The zero-order valence-electron chi connectivity index (χ0n) is 14.3. The van der Waals surface area contributed by atoms with Gasteiger partial charge in [0.1, 0.15) is 11.8 Å². The Labute approximate surface area is 146 Å². The molecule has 8 heteroatoms. The van der Waals surface area contributed by atoms with Gasteiger partial charge in [0.15, 0.2) is 0 Å². The number of hydrogen-bond acceptors (Lipinski definition) is 5. The lowest BCUT2D eigenvalue weighted by Crippen LogP contribution is -2.37. The lowest BCUT2D eigenvalue weighted by Gasteiger charge is -2.14. The van der Waals surface area contributed by atoms with E-state index < -0.39 is 12.1 Å². The summed E-state index contributed by atoms with van der Waals surface area (Å²) in [6.07, 6.45) is 0.311. The van der Waals surface area contributed by atoms with E-state index >= 15 is 0 Å². The Bertz CT molecular complexity index is 632. The normalized spacial score (nSPS) is 18.0. The molecule has 2 rings (SSSR count). The van der Waals surface area contributed by atoms with Crippen LogP contribution in [0, 0.1) is 0 Å². The van der Waals surface area contributed by atoms with Crippen molar-refractivity contribution in [3.63, 3.8) is 0 Å². The van der Waals surface area contributed by atoms with Crippen molar-refractivity contribution in [3.05, 3.63) is 29.8 Å². The number of carbonyl (C=O) groups is 3. The molecule has 2 atom stereocenters. The van der Waals surface area contributed by atoms with E-state index in [1.165, 1.54) is 0 Å². The summed E-state index contributed by atoms with van der Waals surface area (Å²) < 4.78 is 5.07. The molecule has 25 heavy (non-hydrogen) atoms. The average molecular weight is 349 g/mol. The summed E-state index contributed by atoms with van der Waals surface area (Å²) in [5.74, 6) is 0.0861. The van der Waals surface area contributed by atoms with Crippen LogP contribution in [0.15, 0.2) is 24.3 Å². The predicted molar refractivity (Wildman–Crippen MR) is 89.8 cm³/mol. The fourth-order valence-corrected chi connectivity index (χ4v) is 2.50. The number of urea groups is 1. The fourth-order valence-electron chi connectivity index (χ4n) is 2.50. The van der Waals surface area contributed by atoms with Gasteiger partial charge in [0.25, 0.3) is 5.91 Å². The first-order valence-corrected chi connectivity index (χ1v) is 8.09. The van der Waals surface area contributed by atoms with E-state index in [0.717, 1.165) is 10.5 Å². The molecule has 0 bridgehead atoms. The average Bonchev–Trinajstić information content (AvgIpc) is 2.88. The highest BCUT2D eigenvalue weighted by atomic mass is 16.5. The van der Waals surface area contributed by atoms with E-state index in [1.807, 2.05) is 0 Å². The molecule has 0 aromatic heterocycles. The van der Waals surface area contributed by atoms with Crippen molar-refractivity contribution in [3.8, 4) is 5.75 Å². The molecule has 2 unspecified atom stereocenters. The van der Waals surface area contributed by atoms with Gasteiger partial charge in [0.2, 0.25) is 5.91 Å². The number of aliphatic hydroxyl groups excluding tert-OH is 1. The minimum absolute atomic E-state index is 0.0946. The van der Waals surface area contributed by atoms with E-state index in [-0.39, 0.29) is 43.8 Å². The molecule has 4 amide bonds. The summed E-state index contributed by atoms with van der Waals surface area (Å²) >= 11 is 0. The molecule has 0 radical (unpaired) electrons. The van der Waals surface area contributed by atoms with Crippen LogP contribution in [-0.2, 0) is 16.1 Å². The Hall–Kier alpha value is -2.61. The number of aliphatic hydroxyl groups is 1. The summed E-state index contributed by atoms with van der Waals surface area (Å²) in [7, 11) is 1.56. The van der Waals surface area contributed by atoms with Crippen LogP contribution in [0.25, 0.3) is 0 Å². The number of nitrogens with one attached hydrogen (secondary N) is 2. The lowest BCUT2D eigenvalue weighted by atomic mass is 10.1. The largest absolute Gasteiger partial charge is 0.497 e. The highest BCUT2D eigenvalue weighted by molar-refractivity contribution is 6.04. The maximum atomic E-state index is 12.4. The number of amides is 4. The number of carbonyl (C=O) groups excluding carboxylic acids is 3. The topological polar surface area (TPSA) is 108 Å². The molecule has 0 saturated carbocycles. The Morgan fingerprint density at radius 1 is 1.36 bits per heavy atom. The van der Waals surface area contributed by atoms with Crippen LogP contribution in [0.1, 0.15) is 25.3 Å². The van der Waals surface area contributed by atoms with Gasteiger partial charge in [-0.15, -0.1) is 0 Å². The third-order valence-electron chi connectivity index (χ3n) is 3.95. The number of methoxy groups -OCH3 is 1. The van der Waals surface area contributed by atoms with Crippen molar-refractivity contribution in [1.82, 2.24) is 15.5 Å². The van der Waals surface area contributed by atoms with Crippen molar-refractivity contribution in [2.45, 2.75) is 38.4 Å². The van der Waals surface area contributed by atoms with Crippen LogP contribution < -0.4 is 15.4 Å². The van der Waals surface area contributed by atoms with E-state index in [0.29, 0.717) is 5.75 Å². The number of imide groups is 1.